The molecule has 0 aliphatic heterocycles. The van der Waals surface area contributed by atoms with Crippen molar-refractivity contribution in [3.8, 4) is 0 Å². The van der Waals surface area contributed by atoms with Gasteiger partial charge >= 0.3 is 0 Å². The summed E-state index contributed by atoms with van der Waals surface area (Å²) in [5, 5.41) is -0.0612. The number of hydrogen-bond donors (Lipinski definition) is 1. The van der Waals surface area contributed by atoms with E-state index in [9.17, 15) is 9.18 Å². The number of nitrogens with two attached hydrogens (primary N) is 1. The van der Waals surface area contributed by atoms with Crippen LogP contribution in [0.5, 0.6) is 0 Å². The first-order valence-electron chi connectivity index (χ1n) is 6.50. The minimum Gasteiger partial charge on any atom is -0.399 e. The maximum absolute atomic E-state index is 14.2. The topological polar surface area (TPSA) is 43.1 Å². The van der Waals surface area contributed by atoms with Gasteiger partial charge in [-0.05, 0) is 58.6 Å². The van der Waals surface area contributed by atoms with Crippen LogP contribution in [-0.4, -0.2) is 5.78 Å². The van der Waals surface area contributed by atoms with Crippen molar-refractivity contribution in [2.45, 2.75) is 18.3 Å². The molecule has 0 aromatic heterocycles. The lowest BCUT2D eigenvalue weighted by Gasteiger charge is -2.16. The predicted octanol–water partition coefficient (Wildman–Crippen LogP) is 4.74. The second-order valence-electron chi connectivity index (χ2n) is 5.26. The highest BCUT2D eigenvalue weighted by molar-refractivity contribution is 9.10. The molecule has 2 nitrogen and oxygen atoms in total. The molecule has 2 aromatic rings. The van der Waals surface area contributed by atoms with Crippen molar-refractivity contribution in [1.82, 2.24) is 0 Å². The first kappa shape index (κ1) is 14.5. The third-order valence-electron chi connectivity index (χ3n) is 3.93. The van der Waals surface area contributed by atoms with Gasteiger partial charge in [-0.25, -0.2) is 4.39 Å². The number of rotatable bonds is 3. The molecule has 0 saturated heterocycles. The minimum atomic E-state index is -0.669. The molecule has 1 aliphatic rings. The molecular formula is C16H12BrClFNO. The molecule has 108 valence electrons. The van der Waals surface area contributed by atoms with Crippen molar-refractivity contribution in [3.63, 3.8) is 0 Å². The third kappa shape index (κ3) is 2.36. The van der Waals surface area contributed by atoms with Gasteiger partial charge in [0, 0.05) is 10.2 Å². The predicted molar refractivity (Wildman–Crippen MR) is 85.2 cm³/mol. The van der Waals surface area contributed by atoms with Crippen molar-refractivity contribution < 1.29 is 9.18 Å². The molecule has 0 heterocycles. The normalized spacial score (nSPS) is 15.8. The summed E-state index contributed by atoms with van der Waals surface area (Å²) in [5.74, 6) is -0.892. The zero-order valence-corrected chi connectivity index (χ0v) is 13.3. The van der Waals surface area contributed by atoms with E-state index in [0.717, 1.165) is 5.56 Å². The van der Waals surface area contributed by atoms with Crippen LogP contribution in [-0.2, 0) is 5.41 Å². The molecule has 0 unspecified atom stereocenters. The fourth-order valence-electron chi connectivity index (χ4n) is 2.53. The van der Waals surface area contributed by atoms with Crippen molar-refractivity contribution in [3.05, 3.63) is 62.8 Å². The molecule has 2 N–H and O–H groups in total. The smallest absolute Gasteiger partial charge is 0.176 e. The Labute approximate surface area is 135 Å². The summed E-state index contributed by atoms with van der Waals surface area (Å²) in [5.41, 5.74) is 6.59. The second-order valence-corrected chi connectivity index (χ2v) is 6.49. The monoisotopic (exact) mass is 367 g/mol. The molecule has 3 rings (SSSR count). The van der Waals surface area contributed by atoms with Gasteiger partial charge in [-0.3, -0.25) is 4.79 Å². The maximum atomic E-state index is 14.2. The summed E-state index contributed by atoms with van der Waals surface area (Å²) < 4.78 is 14.7. The molecular weight excluding hydrogens is 357 g/mol. The van der Waals surface area contributed by atoms with Crippen LogP contribution in [0.15, 0.2) is 40.9 Å². The van der Waals surface area contributed by atoms with Crippen LogP contribution in [0.3, 0.4) is 0 Å². The van der Waals surface area contributed by atoms with E-state index in [1.807, 2.05) is 12.1 Å². The molecule has 1 fully saturated rings. The third-order valence-corrected chi connectivity index (χ3v) is 5.19. The highest BCUT2D eigenvalue weighted by atomic mass is 79.9. The number of hydrogen-bond acceptors (Lipinski definition) is 2. The quantitative estimate of drug-likeness (QED) is 0.483. The van der Waals surface area contributed by atoms with Gasteiger partial charge < -0.3 is 5.73 Å². The fourth-order valence-corrected chi connectivity index (χ4v) is 3.00. The first-order chi connectivity index (χ1) is 9.95. The number of halogens is 3. The van der Waals surface area contributed by atoms with Crippen molar-refractivity contribution >= 4 is 39.0 Å². The Morgan fingerprint density at radius 1 is 1.19 bits per heavy atom. The lowest BCUT2D eigenvalue weighted by Crippen LogP contribution is -2.22. The Hall–Kier alpha value is -1.39. The van der Waals surface area contributed by atoms with Gasteiger partial charge in [0.2, 0.25) is 0 Å². The van der Waals surface area contributed by atoms with Gasteiger partial charge in [0.1, 0.15) is 0 Å². The standard InChI is InChI=1S/C16H12BrClFNO/c17-12-6-5-11(14(19)13(12)18)15(21)16(7-8-16)9-1-3-10(20)4-2-9/h1-6H,7-8,20H2. The SMILES string of the molecule is Nc1ccc(C2(C(=O)c3ccc(Br)c(Cl)c3F)CC2)cc1. The molecule has 0 atom stereocenters. The van der Waals surface area contributed by atoms with E-state index in [2.05, 4.69) is 15.9 Å². The zero-order valence-electron chi connectivity index (χ0n) is 11.0. The Balaban J connectivity index is 2.03. The Kier molecular flexibility index (Phi) is 3.54. The fraction of sp³-hybridized carbons (Fsp3) is 0.188. The molecule has 0 radical (unpaired) electrons. The lowest BCUT2D eigenvalue weighted by atomic mass is 9.87. The molecule has 21 heavy (non-hydrogen) atoms. The van der Waals surface area contributed by atoms with E-state index in [1.54, 1.807) is 18.2 Å². The summed E-state index contributed by atoms with van der Waals surface area (Å²) >= 11 is 9.02. The summed E-state index contributed by atoms with van der Waals surface area (Å²) in [6.45, 7) is 0. The molecule has 5 heteroatoms. The van der Waals surface area contributed by atoms with E-state index < -0.39 is 11.2 Å². The molecule has 0 spiro atoms. The number of carbonyl (C=O) groups is 1. The molecule has 1 aliphatic carbocycles. The van der Waals surface area contributed by atoms with E-state index in [4.69, 9.17) is 17.3 Å². The Morgan fingerprint density at radius 3 is 2.38 bits per heavy atom. The van der Waals surface area contributed by atoms with Crippen LogP contribution < -0.4 is 5.73 Å². The summed E-state index contributed by atoms with van der Waals surface area (Å²) in [4.78, 5) is 12.8. The molecule has 2 aromatic carbocycles. The number of carbonyl (C=O) groups excluding carboxylic acids is 1. The van der Waals surface area contributed by atoms with Crippen LogP contribution in [0.25, 0.3) is 0 Å². The Bertz CT molecular complexity index is 726. The lowest BCUT2D eigenvalue weighted by molar-refractivity contribution is 0.0942. The largest absolute Gasteiger partial charge is 0.399 e. The van der Waals surface area contributed by atoms with Crippen molar-refractivity contribution in [2.24, 2.45) is 0 Å². The van der Waals surface area contributed by atoms with Crippen molar-refractivity contribution in [2.75, 3.05) is 5.73 Å². The maximum Gasteiger partial charge on any atom is 0.176 e. The van der Waals surface area contributed by atoms with E-state index in [1.165, 1.54) is 6.07 Å². The average molecular weight is 369 g/mol. The number of benzene rings is 2. The van der Waals surface area contributed by atoms with Crippen molar-refractivity contribution in [1.29, 1.82) is 0 Å². The van der Waals surface area contributed by atoms with Gasteiger partial charge in [-0.2, -0.15) is 0 Å². The summed E-state index contributed by atoms with van der Waals surface area (Å²) in [7, 11) is 0. The molecule has 0 bridgehead atoms. The van der Waals surface area contributed by atoms with Gasteiger partial charge in [-0.1, -0.05) is 23.7 Å². The second kappa shape index (κ2) is 5.11. The van der Waals surface area contributed by atoms with Gasteiger partial charge in [0.15, 0.2) is 11.6 Å². The van der Waals surface area contributed by atoms with Crippen LogP contribution in [0, 0.1) is 5.82 Å². The molecule has 0 amide bonds. The van der Waals surface area contributed by atoms with Crippen LogP contribution in [0.2, 0.25) is 5.02 Å². The van der Waals surface area contributed by atoms with Gasteiger partial charge in [0.25, 0.3) is 0 Å². The molecule has 1 saturated carbocycles. The van der Waals surface area contributed by atoms with Crippen LogP contribution in [0.4, 0.5) is 10.1 Å². The number of ketones is 1. The average Bonchev–Trinajstić information content (AvgIpc) is 3.27. The Morgan fingerprint density at radius 2 is 1.81 bits per heavy atom. The van der Waals surface area contributed by atoms with E-state index in [-0.39, 0.29) is 16.4 Å². The van der Waals surface area contributed by atoms with Gasteiger partial charge in [-0.15, -0.1) is 0 Å². The zero-order chi connectivity index (χ0) is 15.2. The summed E-state index contributed by atoms with van der Waals surface area (Å²) in [6.07, 6.45) is 1.42. The number of anilines is 1. The summed E-state index contributed by atoms with van der Waals surface area (Å²) in [6, 6.07) is 10.3. The van der Waals surface area contributed by atoms with E-state index >= 15 is 0 Å². The van der Waals surface area contributed by atoms with Crippen LogP contribution in [0.1, 0.15) is 28.8 Å². The number of nitrogen functional groups attached to an aromatic ring is 1. The van der Waals surface area contributed by atoms with Gasteiger partial charge in [0.05, 0.1) is 16.0 Å². The van der Waals surface area contributed by atoms with Crippen LogP contribution >= 0.6 is 27.5 Å². The highest BCUT2D eigenvalue weighted by Crippen LogP contribution is 2.51. The first-order valence-corrected chi connectivity index (χ1v) is 7.67. The van der Waals surface area contributed by atoms with E-state index in [0.29, 0.717) is 23.0 Å². The highest BCUT2D eigenvalue weighted by Gasteiger charge is 2.51. The number of Topliss-reactive ketones (excluding diaryl/α,β-unsaturated/α-hetero) is 1. The minimum absolute atomic E-state index is 0.0394.